The Labute approximate surface area is 195 Å². The molecule has 2 aromatic carbocycles. The highest BCUT2D eigenvalue weighted by molar-refractivity contribution is 6.07. The van der Waals surface area contributed by atoms with E-state index >= 15 is 0 Å². The minimum Gasteiger partial charge on any atom is -0.508 e. The quantitative estimate of drug-likeness (QED) is 0.424. The van der Waals surface area contributed by atoms with E-state index in [4.69, 9.17) is 0 Å². The minimum atomic E-state index is -0.244. The first-order valence-corrected chi connectivity index (χ1v) is 11.6. The summed E-state index contributed by atoms with van der Waals surface area (Å²) in [5.41, 5.74) is 2.02. The summed E-state index contributed by atoms with van der Waals surface area (Å²) in [7, 11) is 0. The Kier molecular flexibility index (Phi) is 4.90. The van der Waals surface area contributed by atoms with Gasteiger partial charge in [-0.3, -0.25) is 9.59 Å². The zero-order chi connectivity index (χ0) is 23.2. The predicted octanol–water partition coefficient (Wildman–Crippen LogP) is 2.88. The predicted molar refractivity (Wildman–Crippen MR) is 125 cm³/mol. The summed E-state index contributed by atoms with van der Waals surface area (Å²) in [6, 6.07) is 12.2. The number of fused-ring (bicyclic) bond motifs is 2. The van der Waals surface area contributed by atoms with E-state index in [1.165, 1.54) is 19.0 Å². The Morgan fingerprint density at radius 1 is 1.12 bits per heavy atom. The number of pyridine rings is 1. The van der Waals surface area contributed by atoms with E-state index in [0.717, 1.165) is 17.2 Å². The molecule has 2 aliphatic rings. The second-order valence-corrected chi connectivity index (χ2v) is 9.17. The highest BCUT2D eigenvalue weighted by Crippen LogP contribution is 2.45. The van der Waals surface area contributed by atoms with Crippen LogP contribution in [0.3, 0.4) is 0 Å². The summed E-state index contributed by atoms with van der Waals surface area (Å²) in [4.78, 5) is 32.7. The molecule has 2 aromatic heterocycles. The molecule has 1 saturated carbocycles. The fraction of sp³-hybridized carbons (Fsp3) is 0.320. The zero-order valence-corrected chi connectivity index (χ0v) is 18.4. The van der Waals surface area contributed by atoms with Crippen molar-refractivity contribution in [1.29, 1.82) is 0 Å². The van der Waals surface area contributed by atoms with Crippen LogP contribution in [0, 0.1) is 11.8 Å². The van der Waals surface area contributed by atoms with Gasteiger partial charge in [-0.2, -0.15) is 10.3 Å². The van der Waals surface area contributed by atoms with Crippen LogP contribution in [0.1, 0.15) is 40.0 Å². The first-order chi connectivity index (χ1) is 16.6. The lowest BCUT2D eigenvalue weighted by Gasteiger charge is -2.29. The van der Waals surface area contributed by atoms with E-state index < -0.39 is 0 Å². The van der Waals surface area contributed by atoms with Crippen LogP contribution in [-0.2, 0) is 0 Å². The van der Waals surface area contributed by atoms with Gasteiger partial charge in [0.25, 0.3) is 11.8 Å². The van der Waals surface area contributed by atoms with E-state index in [1.54, 1.807) is 24.3 Å². The summed E-state index contributed by atoms with van der Waals surface area (Å²) in [6.45, 7) is 1.05. The standard InChI is InChI=1S/C25H24N6O3/c32-17-6-7-18-15(10-17)2-1-3-20(18)25(34)31-9-8-19(14-4-5-14)22(31)13-27-24(33)16-11-21-23(26-12-16)29-30-28-21/h1-3,6-7,10-12,14,19,22,32H,4-5,8-9,13H2,(H,27,33)(H,26,28,29,30). The van der Waals surface area contributed by atoms with E-state index in [9.17, 15) is 14.7 Å². The third-order valence-corrected chi connectivity index (χ3v) is 7.09. The highest BCUT2D eigenvalue weighted by atomic mass is 16.3. The molecule has 9 heteroatoms. The smallest absolute Gasteiger partial charge is 0.254 e. The van der Waals surface area contributed by atoms with Crippen LogP contribution < -0.4 is 5.32 Å². The molecule has 34 heavy (non-hydrogen) atoms. The molecule has 4 aromatic rings. The van der Waals surface area contributed by atoms with Gasteiger partial charge in [-0.25, -0.2) is 4.98 Å². The number of aromatic nitrogens is 4. The number of phenolic OH excluding ortho intramolecular Hbond substituents is 1. The second kappa shape index (κ2) is 8.09. The van der Waals surface area contributed by atoms with Gasteiger partial charge in [-0.1, -0.05) is 12.1 Å². The summed E-state index contributed by atoms with van der Waals surface area (Å²) < 4.78 is 0. The molecule has 0 spiro atoms. The monoisotopic (exact) mass is 456 g/mol. The number of benzene rings is 2. The zero-order valence-electron chi connectivity index (χ0n) is 18.4. The molecular formula is C25H24N6O3. The number of aromatic hydroxyl groups is 1. The molecule has 0 bridgehead atoms. The van der Waals surface area contributed by atoms with Crippen molar-refractivity contribution in [2.24, 2.45) is 11.8 Å². The molecular weight excluding hydrogens is 432 g/mol. The molecule has 6 rings (SSSR count). The number of phenols is 1. The number of nitrogens with one attached hydrogen (secondary N) is 2. The number of amides is 2. The van der Waals surface area contributed by atoms with Crippen molar-refractivity contribution in [3.05, 3.63) is 59.8 Å². The van der Waals surface area contributed by atoms with Crippen molar-refractivity contribution in [1.82, 2.24) is 30.6 Å². The van der Waals surface area contributed by atoms with E-state index in [-0.39, 0.29) is 23.6 Å². The molecule has 2 atom stereocenters. The van der Waals surface area contributed by atoms with Gasteiger partial charge < -0.3 is 15.3 Å². The van der Waals surface area contributed by atoms with Crippen LogP contribution in [0.25, 0.3) is 21.9 Å². The number of nitrogens with zero attached hydrogens (tertiary/aromatic N) is 4. The maximum atomic E-state index is 13.7. The number of rotatable bonds is 5. The molecule has 3 N–H and O–H groups in total. The van der Waals surface area contributed by atoms with E-state index in [2.05, 4.69) is 25.7 Å². The molecule has 1 saturated heterocycles. The number of carbonyl (C=O) groups is 2. The minimum absolute atomic E-state index is 0.0376. The molecule has 9 nitrogen and oxygen atoms in total. The summed E-state index contributed by atoms with van der Waals surface area (Å²) in [5, 5.41) is 24.9. The number of aromatic amines is 1. The van der Waals surface area contributed by atoms with Crippen molar-refractivity contribution >= 4 is 33.8 Å². The summed E-state index contributed by atoms with van der Waals surface area (Å²) in [5.74, 6) is 0.874. The van der Waals surface area contributed by atoms with Crippen LogP contribution in [0.15, 0.2) is 48.7 Å². The maximum Gasteiger partial charge on any atom is 0.254 e. The van der Waals surface area contributed by atoms with Crippen molar-refractivity contribution in [3.63, 3.8) is 0 Å². The van der Waals surface area contributed by atoms with Gasteiger partial charge >= 0.3 is 0 Å². The van der Waals surface area contributed by atoms with Gasteiger partial charge in [0, 0.05) is 24.8 Å². The molecule has 1 aliphatic heterocycles. The van der Waals surface area contributed by atoms with Gasteiger partial charge in [0.1, 0.15) is 11.3 Å². The summed E-state index contributed by atoms with van der Waals surface area (Å²) >= 11 is 0. The van der Waals surface area contributed by atoms with E-state index in [1.807, 2.05) is 23.1 Å². The lowest BCUT2D eigenvalue weighted by atomic mass is 9.94. The number of likely N-dealkylation sites (tertiary alicyclic amines) is 1. The molecule has 2 amide bonds. The third kappa shape index (κ3) is 3.63. The molecule has 3 heterocycles. The Morgan fingerprint density at radius 3 is 2.85 bits per heavy atom. The van der Waals surface area contributed by atoms with Crippen molar-refractivity contribution < 1.29 is 14.7 Å². The number of carbonyl (C=O) groups excluding carboxylic acids is 2. The van der Waals surface area contributed by atoms with Crippen LogP contribution in [0.4, 0.5) is 0 Å². The number of hydrogen-bond donors (Lipinski definition) is 3. The molecule has 2 unspecified atom stereocenters. The molecule has 172 valence electrons. The Hall–Kier alpha value is -4.01. The van der Waals surface area contributed by atoms with Crippen molar-refractivity contribution in [2.75, 3.05) is 13.1 Å². The first kappa shape index (κ1) is 20.6. The van der Waals surface area contributed by atoms with Crippen LogP contribution in [-0.4, -0.2) is 61.3 Å². The number of hydrogen-bond acceptors (Lipinski definition) is 6. The fourth-order valence-electron chi connectivity index (χ4n) is 5.24. The van der Waals surface area contributed by atoms with Crippen LogP contribution in [0.2, 0.25) is 0 Å². The summed E-state index contributed by atoms with van der Waals surface area (Å²) in [6.07, 6.45) is 4.78. The Morgan fingerprint density at radius 2 is 2.00 bits per heavy atom. The van der Waals surface area contributed by atoms with Gasteiger partial charge in [0.15, 0.2) is 0 Å². The average molecular weight is 457 g/mol. The largest absolute Gasteiger partial charge is 0.508 e. The highest BCUT2D eigenvalue weighted by Gasteiger charge is 2.45. The Balaban J connectivity index is 1.25. The molecule has 2 fully saturated rings. The van der Waals surface area contributed by atoms with E-state index in [0.29, 0.717) is 47.2 Å². The second-order valence-electron chi connectivity index (χ2n) is 9.17. The average Bonchev–Trinajstić information content (AvgIpc) is 3.43. The van der Waals surface area contributed by atoms with Gasteiger partial charge in [-0.05, 0) is 72.2 Å². The van der Waals surface area contributed by atoms with Crippen molar-refractivity contribution in [2.45, 2.75) is 25.3 Å². The van der Waals surface area contributed by atoms with Gasteiger partial charge in [0.2, 0.25) is 5.65 Å². The van der Waals surface area contributed by atoms with Gasteiger partial charge in [-0.15, -0.1) is 5.10 Å². The van der Waals surface area contributed by atoms with Crippen LogP contribution >= 0.6 is 0 Å². The maximum absolute atomic E-state index is 13.7. The first-order valence-electron chi connectivity index (χ1n) is 11.6. The Bertz CT molecular complexity index is 1410. The topological polar surface area (TPSA) is 124 Å². The molecule has 0 radical (unpaired) electrons. The lowest BCUT2D eigenvalue weighted by Crippen LogP contribution is -2.46. The van der Waals surface area contributed by atoms with Crippen molar-refractivity contribution in [3.8, 4) is 5.75 Å². The van der Waals surface area contributed by atoms with Crippen LogP contribution in [0.5, 0.6) is 5.75 Å². The molecule has 1 aliphatic carbocycles. The van der Waals surface area contributed by atoms with Gasteiger partial charge in [0.05, 0.1) is 11.6 Å². The lowest BCUT2D eigenvalue weighted by molar-refractivity contribution is 0.0702. The third-order valence-electron chi connectivity index (χ3n) is 7.09. The normalized spacial score (nSPS) is 20.2. The SMILES string of the molecule is O=C(NCC1C(C2CC2)CCN1C(=O)c1cccc2cc(O)ccc12)c1cnc2n[nH]nc2c1. The number of H-pyrrole nitrogens is 1. The fourth-order valence-corrected chi connectivity index (χ4v) is 5.24.